The van der Waals surface area contributed by atoms with Gasteiger partial charge in [-0.15, -0.1) is 0 Å². The Morgan fingerprint density at radius 3 is 2.71 bits per heavy atom. The van der Waals surface area contributed by atoms with Gasteiger partial charge in [0.2, 0.25) is 0 Å². The molecule has 0 bridgehead atoms. The van der Waals surface area contributed by atoms with Crippen LogP contribution in [-0.4, -0.2) is 34.4 Å². The summed E-state index contributed by atoms with van der Waals surface area (Å²) < 4.78 is 7.18. The third-order valence-corrected chi connectivity index (χ3v) is 4.41. The monoisotopic (exact) mass is 373 g/mol. The summed E-state index contributed by atoms with van der Waals surface area (Å²) in [6, 6.07) is 15.0. The normalized spacial score (nSPS) is 10.6. The standard InChI is InChI=1S/C21H19N5O2/c1-22-21(27)15-4-3-5-16(12-15)24-20-19(14-6-8-17(28-2)9-7-14)25-18-13-23-10-11-26(18)20/h3-13,24H,1-2H3,(H,22,27). The fraction of sp³-hybridized carbons (Fsp3) is 0.0952. The van der Waals surface area contributed by atoms with Crippen molar-refractivity contribution in [1.82, 2.24) is 19.7 Å². The zero-order chi connectivity index (χ0) is 19.5. The molecule has 2 N–H and O–H groups in total. The van der Waals surface area contributed by atoms with Crippen LogP contribution in [0.1, 0.15) is 10.4 Å². The van der Waals surface area contributed by atoms with Crippen LogP contribution >= 0.6 is 0 Å². The van der Waals surface area contributed by atoms with E-state index in [0.717, 1.165) is 34.2 Å². The molecule has 140 valence electrons. The second-order valence-electron chi connectivity index (χ2n) is 6.13. The minimum atomic E-state index is -0.138. The molecule has 0 fully saturated rings. The second-order valence-corrected chi connectivity index (χ2v) is 6.13. The number of hydrogen-bond donors (Lipinski definition) is 2. The van der Waals surface area contributed by atoms with E-state index in [1.54, 1.807) is 38.7 Å². The van der Waals surface area contributed by atoms with Crippen molar-refractivity contribution in [3.63, 3.8) is 0 Å². The molecule has 2 heterocycles. The van der Waals surface area contributed by atoms with Gasteiger partial charge in [0.1, 0.15) is 17.3 Å². The average Bonchev–Trinajstić information content (AvgIpc) is 3.12. The third-order valence-electron chi connectivity index (χ3n) is 4.41. The van der Waals surface area contributed by atoms with Gasteiger partial charge in [-0.05, 0) is 42.5 Å². The van der Waals surface area contributed by atoms with E-state index in [0.29, 0.717) is 5.56 Å². The Labute approximate surface area is 162 Å². The minimum Gasteiger partial charge on any atom is -0.497 e. The predicted octanol–water partition coefficient (Wildman–Crippen LogP) is 3.51. The first-order valence-electron chi connectivity index (χ1n) is 8.75. The fourth-order valence-electron chi connectivity index (χ4n) is 3.00. The molecule has 0 aliphatic rings. The lowest BCUT2D eigenvalue weighted by atomic mass is 10.1. The number of benzene rings is 2. The lowest BCUT2D eigenvalue weighted by Gasteiger charge is -2.10. The zero-order valence-corrected chi connectivity index (χ0v) is 15.5. The van der Waals surface area contributed by atoms with Gasteiger partial charge in [-0.2, -0.15) is 0 Å². The van der Waals surface area contributed by atoms with Crippen molar-refractivity contribution in [2.24, 2.45) is 0 Å². The van der Waals surface area contributed by atoms with E-state index in [2.05, 4.69) is 15.6 Å². The van der Waals surface area contributed by atoms with Crippen LogP contribution < -0.4 is 15.4 Å². The topological polar surface area (TPSA) is 80.5 Å². The Bertz CT molecular complexity index is 1140. The van der Waals surface area contributed by atoms with Crippen LogP contribution in [0.2, 0.25) is 0 Å². The largest absolute Gasteiger partial charge is 0.497 e. The van der Waals surface area contributed by atoms with Gasteiger partial charge in [-0.1, -0.05) is 6.07 Å². The highest BCUT2D eigenvalue weighted by Gasteiger charge is 2.15. The maximum absolute atomic E-state index is 12.0. The first kappa shape index (κ1) is 17.5. The molecule has 7 heteroatoms. The minimum absolute atomic E-state index is 0.138. The summed E-state index contributed by atoms with van der Waals surface area (Å²) in [6.45, 7) is 0. The molecule has 0 spiro atoms. The van der Waals surface area contributed by atoms with E-state index in [1.807, 2.05) is 47.0 Å². The molecule has 0 radical (unpaired) electrons. The second kappa shape index (κ2) is 7.40. The van der Waals surface area contributed by atoms with Crippen LogP contribution in [0, 0.1) is 0 Å². The quantitative estimate of drug-likeness (QED) is 0.560. The van der Waals surface area contributed by atoms with Crippen LogP contribution in [0.4, 0.5) is 11.5 Å². The summed E-state index contributed by atoms with van der Waals surface area (Å²) in [5.41, 5.74) is 3.80. The van der Waals surface area contributed by atoms with Gasteiger partial charge in [0, 0.05) is 36.3 Å². The maximum atomic E-state index is 12.0. The number of aromatic nitrogens is 3. The van der Waals surface area contributed by atoms with Crippen LogP contribution in [0.5, 0.6) is 5.75 Å². The van der Waals surface area contributed by atoms with Gasteiger partial charge in [-0.25, -0.2) is 4.98 Å². The van der Waals surface area contributed by atoms with Crippen molar-refractivity contribution in [2.75, 3.05) is 19.5 Å². The summed E-state index contributed by atoms with van der Waals surface area (Å²) >= 11 is 0. The molecule has 0 saturated heterocycles. The van der Waals surface area contributed by atoms with Crippen LogP contribution in [0.3, 0.4) is 0 Å². The summed E-state index contributed by atoms with van der Waals surface area (Å²) in [4.78, 5) is 20.8. The Morgan fingerprint density at radius 1 is 1.14 bits per heavy atom. The van der Waals surface area contributed by atoms with Gasteiger partial charge in [0.05, 0.1) is 13.3 Å². The van der Waals surface area contributed by atoms with E-state index in [-0.39, 0.29) is 5.91 Å². The highest BCUT2D eigenvalue weighted by atomic mass is 16.5. The van der Waals surface area contributed by atoms with Crippen molar-refractivity contribution in [2.45, 2.75) is 0 Å². The van der Waals surface area contributed by atoms with E-state index in [1.165, 1.54) is 0 Å². The van der Waals surface area contributed by atoms with Crippen LogP contribution in [0.15, 0.2) is 67.1 Å². The molecule has 0 aliphatic carbocycles. The molecule has 4 aromatic rings. The molecule has 1 amide bonds. The number of amides is 1. The van der Waals surface area contributed by atoms with Crippen LogP contribution in [-0.2, 0) is 0 Å². The summed E-state index contributed by atoms with van der Waals surface area (Å²) in [6.07, 6.45) is 5.26. The third kappa shape index (κ3) is 3.25. The Hall–Kier alpha value is -3.87. The number of imidazole rings is 1. The molecule has 28 heavy (non-hydrogen) atoms. The number of ether oxygens (including phenoxy) is 1. The lowest BCUT2D eigenvalue weighted by molar-refractivity contribution is 0.0963. The number of methoxy groups -OCH3 is 1. The molecule has 0 saturated carbocycles. The van der Waals surface area contributed by atoms with Crippen molar-refractivity contribution in [3.05, 3.63) is 72.7 Å². The first-order chi connectivity index (χ1) is 13.7. The molecule has 7 nitrogen and oxygen atoms in total. The van der Waals surface area contributed by atoms with Gasteiger partial charge in [-0.3, -0.25) is 14.2 Å². The predicted molar refractivity (Wildman–Crippen MR) is 108 cm³/mol. The maximum Gasteiger partial charge on any atom is 0.251 e. The summed E-state index contributed by atoms with van der Waals surface area (Å²) in [5.74, 6) is 1.43. The van der Waals surface area contributed by atoms with Crippen molar-refractivity contribution in [1.29, 1.82) is 0 Å². The number of nitrogens with zero attached hydrogens (tertiary/aromatic N) is 3. The molecule has 0 aliphatic heterocycles. The van der Waals surface area contributed by atoms with Gasteiger partial charge in [0.15, 0.2) is 5.65 Å². The molecule has 0 atom stereocenters. The molecule has 2 aromatic heterocycles. The SMILES string of the molecule is CNC(=O)c1cccc(Nc2c(-c3ccc(OC)cc3)nc3cnccn23)c1. The Kier molecular flexibility index (Phi) is 4.63. The Morgan fingerprint density at radius 2 is 1.96 bits per heavy atom. The molecular weight excluding hydrogens is 354 g/mol. The number of carbonyl (C=O) groups excluding carboxylic acids is 1. The van der Waals surface area contributed by atoms with Crippen molar-refractivity contribution in [3.8, 4) is 17.0 Å². The first-order valence-corrected chi connectivity index (χ1v) is 8.75. The highest BCUT2D eigenvalue weighted by molar-refractivity contribution is 5.95. The van der Waals surface area contributed by atoms with Crippen molar-refractivity contribution >= 4 is 23.1 Å². The number of carbonyl (C=O) groups is 1. The number of fused-ring (bicyclic) bond motifs is 1. The van der Waals surface area contributed by atoms with Gasteiger partial charge in [0.25, 0.3) is 5.91 Å². The van der Waals surface area contributed by atoms with Gasteiger partial charge < -0.3 is 15.4 Å². The summed E-state index contributed by atoms with van der Waals surface area (Å²) in [7, 11) is 3.25. The number of hydrogen-bond acceptors (Lipinski definition) is 5. The van der Waals surface area contributed by atoms with Crippen molar-refractivity contribution < 1.29 is 9.53 Å². The fourth-order valence-corrected chi connectivity index (χ4v) is 3.00. The van der Waals surface area contributed by atoms with Crippen LogP contribution in [0.25, 0.3) is 16.9 Å². The molecule has 2 aromatic carbocycles. The van der Waals surface area contributed by atoms with E-state index < -0.39 is 0 Å². The molecular formula is C21H19N5O2. The average molecular weight is 373 g/mol. The zero-order valence-electron chi connectivity index (χ0n) is 15.5. The van der Waals surface area contributed by atoms with Gasteiger partial charge >= 0.3 is 0 Å². The lowest BCUT2D eigenvalue weighted by Crippen LogP contribution is -2.17. The highest BCUT2D eigenvalue weighted by Crippen LogP contribution is 2.32. The summed E-state index contributed by atoms with van der Waals surface area (Å²) in [5, 5.41) is 6.04. The molecule has 0 unspecified atom stereocenters. The number of nitrogens with one attached hydrogen (secondary N) is 2. The number of rotatable bonds is 5. The van der Waals surface area contributed by atoms with E-state index >= 15 is 0 Å². The smallest absolute Gasteiger partial charge is 0.251 e. The van der Waals surface area contributed by atoms with E-state index in [9.17, 15) is 4.79 Å². The number of anilines is 2. The van der Waals surface area contributed by atoms with E-state index in [4.69, 9.17) is 9.72 Å². The molecule has 4 rings (SSSR count). The Balaban J connectivity index is 1.80.